The van der Waals surface area contributed by atoms with Crippen LogP contribution in [0, 0.1) is 0 Å². The van der Waals surface area contributed by atoms with E-state index in [1.54, 1.807) is 0 Å². The van der Waals surface area contributed by atoms with Gasteiger partial charge >= 0.3 is 0 Å². The molecule has 2 aromatic carbocycles. The van der Waals surface area contributed by atoms with Crippen molar-refractivity contribution in [3.63, 3.8) is 0 Å². The van der Waals surface area contributed by atoms with Crippen LogP contribution in [0.2, 0.25) is 0 Å². The van der Waals surface area contributed by atoms with E-state index in [1.165, 1.54) is 0 Å². The summed E-state index contributed by atoms with van der Waals surface area (Å²) in [6.45, 7) is 2.07. The highest BCUT2D eigenvalue weighted by Crippen LogP contribution is 2.37. The number of carbonyl (C=O) groups excluding carboxylic acids is 1. The highest BCUT2D eigenvalue weighted by Gasteiger charge is 2.31. The second kappa shape index (κ2) is 6.22. The second-order valence-electron chi connectivity index (χ2n) is 5.88. The zero-order valence-electron chi connectivity index (χ0n) is 13.5. The minimum Gasteiger partial charge on any atom is -0.454 e. The predicted octanol–water partition coefficient (Wildman–Crippen LogP) is 3.09. The van der Waals surface area contributed by atoms with Gasteiger partial charge in [0.2, 0.25) is 6.79 Å². The Hall–Kier alpha value is -2.86. The van der Waals surface area contributed by atoms with Gasteiger partial charge in [0.25, 0.3) is 0 Å². The van der Waals surface area contributed by atoms with Crippen molar-refractivity contribution in [3.8, 4) is 11.5 Å². The topological polar surface area (TPSA) is 59.6 Å². The van der Waals surface area contributed by atoms with Crippen molar-refractivity contribution in [2.45, 2.75) is 13.0 Å². The molecule has 1 atom stereocenters. The first-order valence-corrected chi connectivity index (χ1v) is 8.32. The van der Waals surface area contributed by atoms with E-state index < -0.39 is 0 Å². The maximum Gasteiger partial charge on any atom is 0.231 e. The van der Waals surface area contributed by atoms with E-state index in [0.717, 1.165) is 11.3 Å². The molecule has 2 aromatic rings. The molecule has 2 aliphatic rings. The van der Waals surface area contributed by atoms with Gasteiger partial charge in [-0.15, -0.1) is 0 Å². The van der Waals surface area contributed by atoms with Crippen LogP contribution < -0.4 is 20.1 Å². The minimum atomic E-state index is -0.351. The summed E-state index contributed by atoms with van der Waals surface area (Å²) in [6.07, 6.45) is 0. The van der Waals surface area contributed by atoms with Gasteiger partial charge in [-0.3, -0.25) is 4.79 Å². The van der Waals surface area contributed by atoms with Crippen LogP contribution in [0.4, 0.5) is 0 Å². The van der Waals surface area contributed by atoms with Gasteiger partial charge in [-0.2, -0.15) is 0 Å². The monoisotopic (exact) mass is 352 g/mol. The van der Waals surface area contributed by atoms with Crippen LogP contribution in [0.15, 0.2) is 59.8 Å². The standard InChI is InChI=1S/C19H16N2O3S/c1-11-16(18(22)12-5-3-2-4-6-12)17(21-19(25)20-11)13-7-8-14-15(9-13)24-10-23-14/h2-9,17H,10H2,1H3,(H2,20,21,25). The van der Waals surface area contributed by atoms with Gasteiger partial charge in [-0.05, 0) is 36.8 Å². The van der Waals surface area contributed by atoms with E-state index in [9.17, 15) is 4.79 Å². The number of hydrogen-bond donors (Lipinski definition) is 2. The molecule has 0 amide bonds. The number of benzene rings is 2. The second-order valence-corrected chi connectivity index (χ2v) is 6.29. The van der Waals surface area contributed by atoms with Crippen molar-refractivity contribution in [1.29, 1.82) is 0 Å². The highest BCUT2D eigenvalue weighted by molar-refractivity contribution is 7.80. The Balaban J connectivity index is 1.78. The van der Waals surface area contributed by atoms with Crippen molar-refractivity contribution in [2.24, 2.45) is 0 Å². The average molecular weight is 352 g/mol. The summed E-state index contributed by atoms with van der Waals surface area (Å²) in [6, 6.07) is 14.5. The largest absolute Gasteiger partial charge is 0.454 e. The molecular formula is C19H16N2O3S. The molecular weight excluding hydrogens is 336 g/mol. The number of allylic oxidation sites excluding steroid dienone is 1. The summed E-state index contributed by atoms with van der Waals surface area (Å²) in [7, 11) is 0. The zero-order chi connectivity index (χ0) is 17.4. The Labute approximate surface area is 150 Å². The van der Waals surface area contributed by atoms with E-state index in [2.05, 4.69) is 10.6 Å². The minimum absolute atomic E-state index is 0.0386. The first-order valence-electron chi connectivity index (χ1n) is 7.91. The quantitative estimate of drug-likeness (QED) is 0.654. The Bertz CT molecular complexity index is 893. The maximum absolute atomic E-state index is 13.1. The third kappa shape index (κ3) is 2.85. The van der Waals surface area contributed by atoms with E-state index >= 15 is 0 Å². The van der Waals surface area contributed by atoms with Crippen LogP contribution in [-0.2, 0) is 0 Å². The lowest BCUT2D eigenvalue weighted by Crippen LogP contribution is -2.44. The van der Waals surface area contributed by atoms with E-state index in [1.807, 2.05) is 55.5 Å². The third-order valence-corrected chi connectivity index (χ3v) is 4.50. The average Bonchev–Trinajstić information content (AvgIpc) is 3.09. The van der Waals surface area contributed by atoms with Crippen molar-refractivity contribution < 1.29 is 14.3 Å². The summed E-state index contributed by atoms with van der Waals surface area (Å²) in [5.74, 6) is 1.34. The SMILES string of the molecule is CC1=C(C(=O)c2ccccc2)C(c2ccc3c(c2)OCO3)NC(=S)N1. The molecule has 2 N–H and O–H groups in total. The first kappa shape index (κ1) is 15.7. The number of rotatable bonds is 3. The molecule has 25 heavy (non-hydrogen) atoms. The molecule has 1 unspecified atom stereocenters. The van der Waals surface area contributed by atoms with Crippen molar-refractivity contribution in [3.05, 3.63) is 70.9 Å². The fraction of sp³-hybridized carbons (Fsp3) is 0.158. The molecule has 0 saturated heterocycles. The molecule has 5 nitrogen and oxygen atoms in total. The number of Topliss-reactive ketones (excluding diaryl/α,β-unsaturated/α-hetero) is 1. The summed E-state index contributed by atoms with van der Waals surface area (Å²) in [4.78, 5) is 13.1. The summed E-state index contributed by atoms with van der Waals surface area (Å²) >= 11 is 5.29. The molecule has 0 spiro atoms. The van der Waals surface area contributed by atoms with Gasteiger partial charge in [-0.25, -0.2) is 0 Å². The fourth-order valence-electron chi connectivity index (χ4n) is 3.08. The molecule has 0 fully saturated rings. The maximum atomic E-state index is 13.1. The lowest BCUT2D eigenvalue weighted by Gasteiger charge is -2.30. The Kier molecular flexibility index (Phi) is 3.89. The first-order chi connectivity index (χ1) is 12.1. The zero-order valence-corrected chi connectivity index (χ0v) is 14.4. The number of fused-ring (bicyclic) bond motifs is 1. The lowest BCUT2D eigenvalue weighted by atomic mass is 9.89. The van der Waals surface area contributed by atoms with E-state index in [-0.39, 0.29) is 18.6 Å². The van der Waals surface area contributed by atoms with Gasteiger partial charge in [0, 0.05) is 16.8 Å². The van der Waals surface area contributed by atoms with Crippen molar-refractivity contribution in [2.75, 3.05) is 6.79 Å². The third-order valence-electron chi connectivity index (χ3n) is 4.28. The lowest BCUT2D eigenvalue weighted by molar-refractivity contribution is 0.102. The number of nitrogens with one attached hydrogen (secondary N) is 2. The molecule has 0 bridgehead atoms. The summed E-state index contributed by atoms with van der Waals surface area (Å²) in [5.41, 5.74) is 2.92. The molecule has 2 aliphatic heterocycles. The van der Waals surface area contributed by atoms with E-state index in [0.29, 0.717) is 27.7 Å². The van der Waals surface area contributed by atoms with Crippen LogP contribution in [0.1, 0.15) is 28.9 Å². The van der Waals surface area contributed by atoms with Gasteiger partial charge in [0.1, 0.15) is 0 Å². The number of carbonyl (C=O) groups is 1. The molecule has 0 aromatic heterocycles. The normalized spacial score (nSPS) is 18.6. The van der Waals surface area contributed by atoms with Crippen LogP contribution in [-0.4, -0.2) is 17.7 Å². The molecule has 126 valence electrons. The van der Waals surface area contributed by atoms with Crippen LogP contribution >= 0.6 is 12.2 Å². The van der Waals surface area contributed by atoms with Crippen molar-refractivity contribution >= 4 is 23.1 Å². The van der Waals surface area contributed by atoms with Gasteiger partial charge < -0.3 is 20.1 Å². The molecule has 6 heteroatoms. The number of thiocarbonyl (C=S) groups is 1. The Morgan fingerprint density at radius 2 is 1.88 bits per heavy atom. The Morgan fingerprint density at radius 1 is 1.12 bits per heavy atom. The number of ether oxygens (including phenoxy) is 2. The van der Waals surface area contributed by atoms with Gasteiger partial charge in [0.05, 0.1) is 6.04 Å². The van der Waals surface area contributed by atoms with Gasteiger partial charge in [0.15, 0.2) is 22.4 Å². The molecule has 2 heterocycles. The van der Waals surface area contributed by atoms with Crippen molar-refractivity contribution in [1.82, 2.24) is 10.6 Å². The fourth-order valence-corrected chi connectivity index (χ4v) is 3.35. The predicted molar refractivity (Wildman–Crippen MR) is 97.6 cm³/mol. The van der Waals surface area contributed by atoms with E-state index in [4.69, 9.17) is 21.7 Å². The highest BCUT2D eigenvalue weighted by atomic mass is 32.1. The molecule has 0 aliphatic carbocycles. The van der Waals surface area contributed by atoms with Crippen LogP contribution in [0.5, 0.6) is 11.5 Å². The number of hydrogen-bond acceptors (Lipinski definition) is 4. The Morgan fingerprint density at radius 3 is 2.68 bits per heavy atom. The molecule has 0 saturated carbocycles. The molecule has 4 rings (SSSR count). The van der Waals surface area contributed by atoms with Gasteiger partial charge in [-0.1, -0.05) is 36.4 Å². The smallest absolute Gasteiger partial charge is 0.231 e. The summed E-state index contributed by atoms with van der Waals surface area (Å²) in [5, 5.41) is 6.75. The summed E-state index contributed by atoms with van der Waals surface area (Å²) < 4.78 is 10.8. The molecule has 0 radical (unpaired) electrons. The number of ketones is 1. The van der Waals surface area contributed by atoms with Crippen LogP contribution in [0.25, 0.3) is 0 Å². The van der Waals surface area contributed by atoms with Crippen LogP contribution in [0.3, 0.4) is 0 Å².